The normalized spacial score (nSPS) is 21.5. The lowest BCUT2D eigenvalue weighted by molar-refractivity contribution is -0.159. The SMILES string of the molecule is O=C(NCC1(c2nc(-c3ccccc3)cs2)CCN(CCCCc2cn(CCCCCCCOc3cccc4c3C(O)N(C3CCC(O)NC3O)C4O)nn2)CC1)c1cccc(-c2noc(C(F)(F)F)n2)c1. The highest BCUT2D eigenvalue weighted by Crippen LogP contribution is 2.47. The number of carbonyl (C=O) groups excluding carboxylic acids is 1. The molecule has 0 radical (unpaired) electrons. The molecule has 17 nitrogen and oxygen atoms in total. The Morgan fingerprint density at radius 2 is 1.64 bits per heavy atom. The number of fused-ring (bicyclic) bond motifs is 1. The number of hydrogen-bond donors (Lipinski definition) is 6. The number of ether oxygens (including phenoxy) is 1. The summed E-state index contributed by atoms with van der Waals surface area (Å²) >= 11 is 1.60. The number of amides is 1. The molecule has 3 aromatic carbocycles. The van der Waals surface area contributed by atoms with E-state index in [9.17, 15) is 38.4 Å². The zero-order valence-electron chi connectivity index (χ0n) is 39.8. The molecule has 5 unspecified atom stereocenters. The van der Waals surface area contributed by atoms with Crippen LogP contribution in [0.2, 0.25) is 0 Å². The van der Waals surface area contributed by atoms with Crippen molar-refractivity contribution in [3.05, 3.63) is 118 Å². The molecule has 3 aliphatic rings. The van der Waals surface area contributed by atoms with Gasteiger partial charge in [0.15, 0.2) is 0 Å². The second-order valence-electron chi connectivity index (χ2n) is 19.0. The number of halogens is 3. The minimum Gasteiger partial charge on any atom is -0.493 e. The highest BCUT2D eigenvalue weighted by atomic mass is 32.1. The molecule has 0 aliphatic carbocycles. The monoisotopic (exact) mass is 1010 g/mol. The van der Waals surface area contributed by atoms with Crippen LogP contribution in [0.3, 0.4) is 0 Å². The number of aliphatic hydroxyl groups is 4. The van der Waals surface area contributed by atoms with Gasteiger partial charge >= 0.3 is 12.1 Å². The number of rotatable bonds is 21. The third-order valence-corrected chi connectivity index (χ3v) is 15.1. The van der Waals surface area contributed by atoms with E-state index in [1.807, 2.05) is 41.2 Å². The molecule has 0 spiro atoms. The first-order chi connectivity index (χ1) is 34.8. The standard InChI is InChI=1S/C51H61F3N10O7S/c52-51(53,54)48-58-43(60-71-48)34-15-11-16-35(29-34)44(66)55-32-50(49-56-38(31-72-49)33-13-5-4-6-14-33)22-26-62(27-23-50)24-9-7-17-36-30-63(61-59-36)25-8-2-1-3-10-28-70-40-19-12-18-37-42(40)47(69)64(46(37)68)39-20-21-41(65)57-45(39)67/h4-6,11-16,18-19,29-31,39,41,45-47,57,65,67-69H,1-3,7-10,17,20-28,32H2,(H,55,66). The Labute approximate surface area is 419 Å². The van der Waals surface area contributed by atoms with Crippen molar-refractivity contribution in [2.45, 2.75) is 126 Å². The molecule has 2 saturated heterocycles. The Hall–Kier alpha value is -5.65. The van der Waals surface area contributed by atoms with Crippen LogP contribution in [0.15, 0.2) is 88.9 Å². The maximum atomic E-state index is 13.6. The van der Waals surface area contributed by atoms with Crippen LogP contribution in [0.25, 0.3) is 22.6 Å². The van der Waals surface area contributed by atoms with E-state index in [1.54, 1.807) is 41.7 Å². The predicted octanol–water partition coefficient (Wildman–Crippen LogP) is 6.97. The Morgan fingerprint density at radius 3 is 2.43 bits per heavy atom. The zero-order valence-corrected chi connectivity index (χ0v) is 40.6. The van der Waals surface area contributed by atoms with E-state index in [4.69, 9.17) is 9.72 Å². The minimum absolute atomic E-state index is 0.234. The largest absolute Gasteiger partial charge is 0.493 e. The van der Waals surface area contributed by atoms with Crippen LogP contribution in [0.4, 0.5) is 13.2 Å². The van der Waals surface area contributed by atoms with Crippen LogP contribution in [-0.2, 0) is 24.6 Å². The summed E-state index contributed by atoms with van der Waals surface area (Å²) in [7, 11) is 0. The highest BCUT2D eigenvalue weighted by Gasteiger charge is 2.46. The average Bonchev–Trinajstić information content (AvgIpc) is 4.22. The molecule has 6 heterocycles. The Bertz CT molecular complexity index is 2710. The topological polar surface area (TPSA) is 220 Å². The highest BCUT2D eigenvalue weighted by molar-refractivity contribution is 7.10. The number of carbonyl (C=O) groups is 1. The molecule has 1 amide bonds. The van der Waals surface area contributed by atoms with E-state index in [0.29, 0.717) is 42.9 Å². The number of aliphatic hydroxyl groups excluding tert-OH is 4. The Morgan fingerprint density at radius 1 is 0.875 bits per heavy atom. The molecule has 21 heteroatoms. The van der Waals surface area contributed by atoms with Crippen LogP contribution in [0.5, 0.6) is 5.75 Å². The van der Waals surface area contributed by atoms with E-state index in [1.165, 1.54) is 17.0 Å². The van der Waals surface area contributed by atoms with Crippen molar-refractivity contribution in [2.24, 2.45) is 0 Å². The fraction of sp³-hybridized carbons (Fsp3) is 0.490. The summed E-state index contributed by atoms with van der Waals surface area (Å²) in [4.78, 5) is 26.1. The van der Waals surface area contributed by atoms with Gasteiger partial charge in [-0.15, -0.1) is 16.4 Å². The summed E-state index contributed by atoms with van der Waals surface area (Å²) in [6.45, 7) is 4.19. The summed E-state index contributed by atoms with van der Waals surface area (Å²) in [6.07, 6.45) is 3.14. The molecular weight excluding hydrogens is 954 g/mol. The lowest BCUT2D eigenvalue weighted by Crippen LogP contribution is -2.57. The average molecular weight is 1020 g/mol. The van der Waals surface area contributed by atoms with Crippen LogP contribution in [0, 0.1) is 0 Å². The van der Waals surface area contributed by atoms with Crippen molar-refractivity contribution in [3.8, 4) is 28.4 Å². The first-order valence-corrected chi connectivity index (χ1v) is 25.7. The summed E-state index contributed by atoms with van der Waals surface area (Å²) in [5.74, 6) is -1.55. The number of likely N-dealkylation sites (tertiary alicyclic amines) is 1. The smallest absolute Gasteiger partial charge is 0.471 e. The fourth-order valence-electron chi connectivity index (χ4n) is 10.0. The summed E-state index contributed by atoms with van der Waals surface area (Å²) < 4.78 is 51.8. The Kier molecular flexibility index (Phi) is 16.4. The number of unbranched alkanes of at least 4 members (excludes halogenated alkanes) is 5. The molecule has 3 aromatic heterocycles. The molecule has 9 rings (SSSR count). The van der Waals surface area contributed by atoms with E-state index in [-0.39, 0.29) is 22.9 Å². The van der Waals surface area contributed by atoms with Gasteiger partial charge in [0.1, 0.15) is 35.7 Å². The lowest BCUT2D eigenvalue weighted by Gasteiger charge is -2.40. The van der Waals surface area contributed by atoms with Crippen molar-refractivity contribution in [2.75, 3.05) is 32.8 Å². The molecule has 6 aromatic rings. The van der Waals surface area contributed by atoms with Gasteiger partial charge in [-0.05, 0) is 95.6 Å². The zero-order chi connectivity index (χ0) is 50.2. The molecule has 3 aliphatic heterocycles. The van der Waals surface area contributed by atoms with E-state index in [0.717, 1.165) is 112 Å². The third kappa shape index (κ3) is 12.1. The van der Waals surface area contributed by atoms with Gasteiger partial charge in [0.2, 0.25) is 5.82 Å². The number of hydrogen-bond acceptors (Lipinski definition) is 16. The van der Waals surface area contributed by atoms with Crippen molar-refractivity contribution in [3.63, 3.8) is 0 Å². The number of benzene rings is 3. The fourth-order valence-corrected chi connectivity index (χ4v) is 11.1. The van der Waals surface area contributed by atoms with Crippen LogP contribution >= 0.6 is 11.3 Å². The predicted molar refractivity (Wildman–Crippen MR) is 260 cm³/mol. The Balaban J connectivity index is 0.689. The number of thiazole rings is 1. The summed E-state index contributed by atoms with van der Waals surface area (Å²) in [6, 6.07) is 20.9. The van der Waals surface area contributed by atoms with Gasteiger partial charge in [-0.1, -0.05) is 84.2 Å². The molecule has 2 fully saturated rings. The van der Waals surface area contributed by atoms with Crippen LogP contribution < -0.4 is 15.4 Å². The number of nitrogens with one attached hydrogen (secondary N) is 2. The van der Waals surface area contributed by atoms with Crippen molar-refractivity contribution < 1.29 is 47.7 Å². The molecule has 6 N–H and O–H groups in total. The molecule has 5 atom stereocenters. The second kappa shape index (κ2) is 23.1. The maximum absolute atomic E-state index is 13.6. The van der Waals surface area contributed by atoms with Gasteiger partial charge in [0.05, 0.1) is 24.0 Å². The van der Waals surface area contributed by atoms with E-state index >= 15 is 0 Å². The number of aromatic nitrogens is 6. The van der Waals surface area contributed by atoms with Gasteiger partial charge in [-0.2, -0.15) is 18.2 Å². The molecule has 0 saturated carbocycles. The lowest BCUT2D eigenvalue weighted by atomic mass is 9.78. The second-order valence-corrected chi connectivity index (χ2v) is 19.8. The van der Waals surface area contributed by atoms with E-state index < -0.39 is 48.4 Å². The first kappa shape index (κ1) is 51.3. The van der Waals surface area contributed by atoms with Crippen molar-refractivity contribution in [1.82, 2.24) is 50.6 Å². The number of piperidine rings is 2. The molecule has 0 bridgehead atoms. The minimum atomic E-state index is -4.78. The molecule has 72 heavy (non-hydrogen) atoms. The number of alkyl halides is 3. The summed E-state index contributed by atoms with van der Waals surface area (Å²) in [5.41, 5.74) is 4.03. The van der Waals surface area contributed by atoms with E-state index in [2.05, 4.69) is 45.9 Å². The first-order valence-electron chi connectivity index (χ1n) is 24.8. The van der Waals surface area contributed by atoms with Gasteiger partial charge in [-0.3, -0.25) is 14.8 Å². The maximum Gasteiger partial charge on any atom is 0.471 e. The quantitative estimate of drug-likeness (QED) is 0.0401. The van der Waals surface area contributed by atoms with Gasteiger partial charge in [0.25, 0.3) is 5.91 Å². The van der Waals surface area contributed by atoms with Gasteiger partial charge in [-0.25, -0.2) is 9.88 Å². The van der Waals surface area contributed by atoms with Crippen molar-refractivity contribution >= 4 is 17.2 Å². The number of aryl methyl sites for hydroxylation is 2. The molecule has 384 valence electrons. The van der Waals surface area contributed by atoms with Crippen LogP contribution in [-0.4, -0.2) is 118 Å². The molecular formula is C51H61F3N10O7S. The number of nitrogens with zero attached hydrogens (tertiary/aromatic N) is 8. The van der Waals surface area contributed by atoms with Gasteiger partial charge < -0.3 is 39.9 Å². The van der Waals surface area contributed by atoms with Crippen LogP contribution in [0.1, 0.15) is 121 Å². The van der Waals surface area contributed by atoms with Crippen molar-refractivity contribution in [1.29, 1.82) is 0 Å². The van der Waals surface area contributed by atoms with Gasteiger partial charge in [0, 0.05) is 57.9 Å². The summed E-state index contributed by atoms with van der Waals surface area (Å²) in [5, 5.41) is 63.7. The third-order valence-electron chi connectivity index (χ3n) is 14.1.